The number of carbonyl (C=O) groups excluding carboxylic acids is 2. The predicted molar refractivity (Wildman–Crippen MR) is 87.9 cm³/mol. The fraction of sp³-hybridized carbons (Fsp3) is 0.857. The van der Waals surface area contributed by atoms with Gasteiger partial charge in [0.15, 0.2) is 0 Å². The van der Waals surface area contributed by atoms with E-state index in [0.717, 1.165) is 30.8 Å². The number of carbonyl (C=O) groups is 2. The lowest BCUT2D eigenvalue weighted by atomic mass is 10.0. The number of amides is 2. The Morgan fingerprint density at radius 2 is 2.29 bits per heavy atom. The highest BCUT2D eigenvalue weighted by atomic mass is 32.2. The molecule has 0 aromatic carbocycles. The van der Waals surface area contributed by atoms with E-state index in [1.165, 1.54) is 0 Å². The normalized spacial score (nSPS) is 28.7. The summed E-state index contributed by atoms with van der Waals surface area (Å²) >= 11 is 3.60. The Balaban J connectivity index is 1.58. The molecule has 0 aromatic heterocycles. The maximum absolute atomic E-state index is 11.6. The van der Waals surface area contributed by atoms with Crippen LogP contribution in [-0.2, 0) is 9.53 Å². The Morgan fingerprint density at radius 1 is 1.48 bits per heavy atom. The van der Waals surface area contributed by atoms with E-state index in [-0.39, 0.29) is 30.2 Å². The molecule has 2 amide bonds. The number of esters is 1. The van der Waals surface area contributed by atoms with Crippen LogP contribution in [0.25, 0.3) is 0 Å². The highest BCUT2D eigenvalue weighted by molar-refractivity contribution is 8.00. The zero-order chi connectivity index (χ0) is 15.2. The van der Waals surface area contributed by atoms with Gasteiger partial charge >= 0.3 is 12.0 Å². The second-order valence-electron chi connectivity index (χ2n) is 5.62. The summed E-state index contributed by atoms with van der Waals surface area (Å²) in [5, 5.41) is 6.40. The Morgan fingerprint density at radius 3 is 3.05 bits per heavy atom. The maximum Gasteiger partial charge on any atom is 0.315 e. The molecule has 7 heteroatoms. The molecule has 2 heterocycles. The van der Waals surface area contributed by atoms with Gasteiger partial charge in [-0.2, -0.15) is 23.5 Å². The summed E-state index contributed by atoms with van der Waals surface area (Å²) in [6.07, 6.45) is 5.41. The van der Waals surface area contributed by atoms with Crippen LogP contribution >= 0.6 is 23.5 Å². The fourth-order valence-electron chi connectivity index (χ4n) is 2.81. The van der Waals surface area contributed by atoms with Crippen LogP contribution in [0.3, 0.4) is 0 Å². The highest BCUT2D eigenvalue weighted by Crippen LogP contribution is 2.33. The molecule has 4 unspecified atom stereocenters. The third-order valence-corrected chi connectivity index (χ3v) is 6.10. The van der Waals surface area contributed by atoms with Crippen molar-refractivity contribution in [3.05, 3.63) is 0 Å². The minimum Gasteiger partial charge on any atom is -0.462 e. The van der Waals surface area contributed by atoms with Crippen LogP contribution in [-0.4, -0.2) is 53.2 Å². The van der Waals surface area contributed by atoms with E-state index < -0.39 is 0 Å². The smallest absolute Gasteiger partial charge is 0.315 e. The van der Waals surface area contributed by atoms with E-state index in [0.29, 0.717) is 11.7 Å². The van der Waals surface area contributed by atoms with Gasteiger partial charge in [-0.15, -0.1) is 0 Å². The summed E-state index contributed by atoms with van der Waals surface area (Å²) in [4.78, 5) is 22.9. The van der Waals surface area contributed by atoms with Gasteiger partial charge in [-0.1, -0.05) is 6.42 Å². The molecule has 0 radical (unpaired) electrons. The molecule has 2 rings (SSSR count). The van der Waals surface area contributed by atoms with Gasteiger partial charge in [0.2, 0.25) is 0 Å². The molecule has 0 bridgehead atoms. The van der Waals surface area contributed by atoms with Crippen LogP contribution in [0.1, 0.15) is 32.6 Å². The van der Waals surface area contributed by atoms with E-state index in [2.05, 4.69) is 10.6 Å². The standard InChI is InChI=1S/C14H24N2O3S2/c1-9(7-20-2)19-12(17)6-4-3-5-11-13-10(8-21-11)15-14(18)16-13/h9-11,13H,3-8H2,1-2H3,(H2,15,16,18). The molecular formula is C14H24N2O3S2. The second kappa shape index (κ2) is 8.17. The van der Waals surface area contributed by atoms with Gasteiger partial charge in [0.1, 0.15) is 6.10 Å². The number of nitrogens with one attached hydrogen (secondary N) is 2. The summed E-state index contributed by atoms with van der Waals surface area (Å²) in [5.41, 5.74) is 0. The topological polar surface area (TPSA) is 67.4 Å². The number of fused-ring (bicyclic) bond motifs is 1. The Bertz CT molecular complexity index is 381. The van der Waals surface area contributed by atoms with Crippen LogP contribution in [0, 0.1) is 0 Å². The number of unbranched alkanes of at least 4 members (excludes halogenated alkanes) is 1. The van der Waals surface area contributed by atoms with Gasteiger partial charge in [0, 0.05) is 23.2 Å². The molecule has 21 heavy (non-hydrogen) atoms. The summed E-state index contributed by atoms with van der Waals surface area (Å²) in [6, 6.07) is 0.502. The zero-order valence-electron chi connectivity index (χ0n) is 12.6. The molecule has 2 saturated heterocycles. The van der Waals surface area contributed by atoms with Crippen molar-refractivity contribution in [2.45, 2.75) is 56.0 Å². The first-order valence-corrected chi connectivity index (χ1v) is 9.91. The van der Waals surface area contributed by atoms with Crippen molar-refractivity contribution < 1.29 is 14.3 Å². The van der Waals surface area contributed by atoms with Crippen LogP contribution in [0.2, 0.25) is 0 Å². The largest absolute Gasteiger partial charge is 0.462 e. The molecule has 2 aliphatic rings. The average molecular weight is 332 g/mol. The molecular weight excluding hydrogens is 308 g/mol. The zero-order valence-corrected chi connectivity index (χ0v) is 14.2. The van der Waals surface area contributed by atoms with Crippen LogP contribution in [0.15, 0.2) is 0 Å². The van der Waals surface area contributed by atoms with Gasteiger partial charge in [0.25, 0.3) is 0 Å². The molecule has 0 aromatic rings. The number of hydrogen-bond donors (Lipinski definition) is 2. The minimum atomic E-state index is -0.0932. The molecule has 2 fully saturated rings. The monoisotopic (exact) mass is 332 g/mol. The summed E-state index contributed by atoms with van der Waals surface area (Å²) in [6.45, 7) is 1.93. The lowest BCUT2D eigenvalue weighted by Gasteiger charge is -2.16. The van der Waals surface area contributed by atoms with Crippen LogP contribution in [0.5, 0.6) is 0 Å². The Hall–Kier alpha value is -0.560. The summed E-state index contributed by atoms with van der Waals surface area (Å²) in [5.74, 6) is 1.74. The van der Waals surface area contributed by atoms with Crippen molar-refractivity contribution in [1.82, 2.24) is 10.6 Å². The predicted octanol–water partition coefficient (Wildman–Crippen LogP) is 2.01. The van der Waals surface area contributed by atoms with E-state index in [4.69, 9.17) is 4.74 Å². The van der Waals surface area contributed by atoms with Crippen molar-refractivity contribution in [3.63, 3.8) is 0 Å². The molecule has 120 valence electrons. The first kappa shape index (κ1) is 16.8. The lowest BCUT2D eigenvalue weighted by Crippen LogP contribution is -2.36. The molecule has 4 atom stereocenters. The number of thioether (sulfide) groups is 2. The van der Waals surface area contributed by atoms with E-state index in [9.17, 15) is 9.59 Å². The first-order chi connectivity index (χ1) is 10.1. The summed E-state index contributed by atoms with van der Waals surface area (Å²) < 4.78 is 5.31. The average Bonchev–Trinajstić information content (AvgIpc) is 2.94. The van der Waals surface area contributed by atoms with Crippen LogP contribution < -0.4 is 10.6 Å². The first-order valence-electron chi connectivity index (χ1n) is 7.47. The molecule has 0 spiro atoms. The van der Waals surface area contributed by atoms with E-state index >= 15 is 0 Å². The van der Waals surface area contributed by atoms with Gasteiger partial charge in [0.05, 0.1) is 12.1 Å². The Kier molecular flexibility index (Phi) is 6.54. The van der Waals surface area contributed by atoms with Gasteiger partial charge in [-0.25, -0.2) is 4.79 Å². The van der Waals surface area contributed by atoms with Crippen molar-refractivity contribution >= 4 is 35.5 Å². The SMILES string of the molecule is CSCC(C)OC(=O)CCCCC1SCC2NC(=O)NC21. The van der Waals surface area contributed by atoms with E-state index in [1.807, 2.05) is 24.9 Å². The minimum absolute atomic E-state index is 0.00146. The molecule has 2 aliphatic heterocycles. The number of rotatable bonds is 8. The molecule has 0 saturated carbocycles. The number of urea groups is 1. The van der Waals surface area contributed by atoms with Crippen molar-refractivity contribution in [2.24, 2.45) is 0 Å². The molecule has 0 aliphatic carbocycles. The maximum atomic E-state index is 11.6. The number of hydrogen-bond acceptors (Lipinski definition) is 5. The van der Waals surface area contributed by atoms with Gasteiger partial charge in [-0.05, 0) is 26.0 Å². The number of ether oxygens (including phenoxy) is 1. The highest BCUT2D eigenvalue weighted by Gasteiger charge is 2.42. The van der Waals surface area contributed by atoms with Crippen molar-refractivity contribution in [2.75, 3.05) is 17.8 Å². The summed E-state index contributed by atoms with van der Waals surface area (Å²) in [7, 11) is 0. The quantitative estimate of drug-likeness (QED) is 0.404. The third-order valence-electron chi connectivity index (χ3n) is 3.79. The van der Waals surface area contributed by atoms with E-state index in [1.54, 1.807) is 11.8 Å². The van der Waals surface area contributed by atoms with Gasteiger partial charge < -0.3 is 15.4 Å². The van der Waals surface area contributed by atoms with Crippen molar-refractivity contribution in [1.29, 1.82) is 0 Å². The molecule has 5 nitrogen and oxygen atoms in total. The second-order valence-corrected chi connectivity index (χ2v) is 7.81. The van der Waals surface area contributed by atoms with Crippen molar-refractivity contribution in [3.8, 4) is 0 Å². The molecule has 2 N–H and O–H groups in total. The lowest BCUT2D eigenvalue weighted by molar-refractivity contribution is -0.147. The third kappa shape index (κ3) is 4.98. The van der Waals surface area contributed by atoms with Gasteiger partial charge in [-0.3, -0.25) is 4.79 Å². The fourth-order valence-corrected chi connectivity index (χ4v) is 4.89. The van der Waals surface area contributed by atoms with Crippen LogP contribution in [0.4, 0.5) is 4.79 Å². The Labute approximate surface area is 134 Å².